The highest BCUT2D eigenvalue weighted by molar-refractivity contribution is 8.02. The molecule has 6 rings (SSSR count). The van der Waals surface area contributed by atoms with Gasteiger partial charge in [0.05, 0.1) is 22.5 Å². The van der Waals surface area contributed by atoms with Crippen LogP contribution in [0.3, 0.4) is 0 Å². The average Bonchev–Trinajstić information content (AvgIpc) is 3.46. The standard InChI is InChI=1S/C29H24N4O4S/c1-16(29(36)37)27-26(34)25(33(38-27)32-17(2)30-22-15-9-7-13-20(22)28(32)35)23-19-12-6-8-14-21(19)31-24(23)18-10-4-3-5-11-18/h3-16,25,27,31H,1-2H3,(H,36,37). The van der Waals surface area contributed by atoms with Gasteiger partial charge in [0.1, 0.15) is 17.1 Å². The first-order chi connectivity index (χ1) is 18.4. The van der Waals surface area contributed by atoms with Gasteiger partial charge in [0.2, 0.25) is 0 Å². The summed E-state index contributed by atoms with van der Waals surface area (Å²) in [5.41, 5.74) is 3.41. The van der Waals surface area contributed by atoms with Crippen LogP contribution in [0.5, 0.6) is 0 Å². The maximum atomic E-state index is 14.2. The molecule has 0 aliphatic carbocycles. The fourth-order valence-electron chi connectivity index (χ4n) is 5.12. The number of carboxylic acids is 1. The molecule has 3 heterocycles. The number of aromatic amines is 1. The molecule has 2 aromatic heterocycles. The number of carboxylic acid groups (broad SMARTS) is 1. The molecule has 1 saturated heterocycles. The molecular weight excluding hydrogens is 500 g/mol. The Balaban J connectivity index is 1.64. The molecule has 1 aliphatic heterocycles. The molecule has 190 valence electrons. The molecule has 0 amide bonds. The van der Waals surface area contributed by atoms with Gasteiger partial charge < -0.3 is 10.1 Å². The Morgan fingerprint density at radius 3 is 2.37 bits per heavy atom. The zero-order valence-electron chi connectivity index (χ0n) is 20.7. The van der Waals surface area contributed by atoms with E-state index in [-0.39, 0.29) is 11.3 Å². The maximum absolute atomic E-state index is 14.2. The Morgan fingerprint density at radius 2 is 1.63 bits per heavy atom. The number of aromatic nitrogens is 3. The fraction of sp³-hybridized carbons (Fsp3) is 0.172. The Labute approximate surface area is 222 Å². The van der Waals surface area contributed by atoms with Crippen molar-refractivity contribution in [2.24, 2.45) is 5.92 Å². The minimum absolute atomic E-state index is 0.272. The third-order valence-electron chi connectivity index (χ3n) is 7.03. The lowest BCUT2D eigenvalue weighted by Gasteiger charge is -2.27. The summed E-state index contributed by atoms with van der Waals surface area (Å²) in [6, 6.07) is 23.5. The highest BCUT2D eigenvalue weighted by Crippen LogP contribution is 2.47. The summed E-state index contributed by atoms with van der Waals surface area (Å²) in [4.78, 5) is 48.1. The molecule has 0 saturated carbocycles. The second-order valence-corrected chi connectivity index (χ2v) is 10.5. The van der Waals surface area contributed by atoms with Gasteiger partial charge in [-0.1, -0.05) is 67.6 Å². The van der Waals surface area contributed by atoms with Crippen molar-refractivity contribution >= 4 is 45.5 Å². The third-order valence-corrected chi connectivity index (χ3v) is 8.49. The van der Waals surface area contributed by atoms with Crippen molar-refractivity contribution in [3.8, 4) is 11.3 Å². The molecule has 3 aromatic carbocycles. The van der Waals surface area contributed by atoms with E-state index in [0.29, 0.717) is 22.3 Å². The van der Waals surface area contributed by atoms with Gasteiger partial charge in [-0.2, -0.15) is 4.68 Å². The number of ketones is 1. The number of aryl methyl sites for hydroxylation is 1. The van der Waals surface area contributed by atoms with Crippen LogP contribution in [0.2, 0.25) is 0 Å². The van der Waals surface area contributed by atoms with Crippen LogP contribution >= 0.6 is 11.9 Å². The van der Waals surface area contributed by atoms with Crippen molar-refractivity contribution < 1.29 is 14.7 Å². The minimum atomic E-state index is -1.07. The smallest absolute Gasteiger partial charge is 0.307 e. The average molecular weight is 525 g/mol. The van der Waals surface area contributed by atoms with E-state index in [4.69, 9.17) is 0 Å². The summed E-state index contributed by atoms with van der Waals surface area (Å²) in [5, 5.41) is 10.2. The lowest BCUT2D eigenvalue weighted by atomic mass is 9.92. The topological polar surface area (TPSA) is 108 Å². The van der Waals surface area contributed by atoms with Crippen LogP contribution in [0.15, 0.2) is 83.7 Å². The number of aliphatic carboxylic acids is 1. The SMILES string of the molecule is Cc1nc2ccccc2c(=O)n1N1SC(C(C)C(=O)O)C(=O)C1c1c(-c2ccccc2)[nH]c2ccccc12. The van der Waals surface area contributed by atoms with Gasteiger partial charge in [-0.3, -0.25) is 14.4 Å². The molecule has 5 aromatic rings. The van der Waals surface area contributed by atoms with Crippen molar-refractivity contribution in [2.75, 3.05) is 4.41 Å². The first kappa shape index (κ1) is 24.0. The van der Waals surface area contributed by atoms with Crippen molar-refractivity contribution in [2.45, 2.75) is 25.1 Å². The first-order valence-electron chi connectivity index (χ1n) is 12.2. The summed E-state index contributed by atoms with van der Waals surface area (Å²) >= 11 is 1.08. The zero-order chi connectivity index (χ0) is 26.6. The summed E-state index contributed by atoms with van der Waals surface area (Å²) in [6.45, 7) is 3.25. The first-order valence-corrected chi connectivity index (χ1v) is 13.1. The quantitative estimate of drug-likeness (QED) is 0.316. The van der Waals surface area contributed by atoms with Gasteiger partial charge in [-0.25, -0.2) is 9.40 Å². The van der Waals surface area contributed by atoms with Crippen LogP contribution in [-0.4, -0.2) is 36.8 Å². The molecule has 3 unspecified atom stereocenters. The molecule has 0 radical (unpaired) electrons. The summed E-state index contributed by atoms with van der Waals surface area (Å²) < 4.78 is 3.05. The molecule has 38 heavy (non-hydrogen) atoms. The van der Waals surface area contributed by atoms with Crippen LogP contribution < -0.4 is 9.97 Å². The van der Waals surface area contributed by atoms with E-state index in [1.54, 1.807) is 29.5 Å². The molecule has 2 N–H and O–H groups in total. The number of nitrogens with one attached hydrogen (secondary N) is 1. The molecular formula is C29H24N4O4S. The predicted molar refractivity (Wildman–Crippen MR) is 149 cm³/mol. The van der Waals surface area contributed by atoms with Crippen molar-refractivity contribution in [3.63, 3.8) is 0 Å². The zero-order valence-corrected chi connectivity index (χ0v) is 21.5. The number of hydrogen-bond donors (Lipinski definition) is 2. The maximum Gasteiger partial charge on any atom is 0.307 e. The van der Waals surface area contributed by atoms with Gasteiger partial charge in [0, 0.05) is 16.5 Å². The molecule has 9 heteroatoms. The number of Topliss-reactive ketones (excluding diaryl/α,β-unsaturated/α-hetero) is 1. The van der Waals surface area contributed by atoms with Crippen LogP contribution in [-0.2, 0) is 9.59 Å². The van der Waals surface area contributed by atoms with Crippen molar-refractivity contribution in [3.05, 3.63) is 101 Å². The second kappa shape index (κ2) is 9.18. The molecule has 3 atom stereocenters. The van der Waals surface area contributed by atoms with Crippen LogP contribution in [0.4, 0.5) is 0 Å². The van der Waals surface area contributed by atoms with E-state index < -0.39 is 23.2 Å². The van der Waals surface area contributed by atoms with Gasteiger partial charge in [-0.05, 0) is 42.6 Å². The summed E-state index contributed by atoms with van der Waals surface area (Å²) in [7, 11) is 0. The lowest BCUT2D eigenvalue weighted by Crippen LogP contribution is -2.41. The molecule has 1 fully saturated rings. The van der Waals surface area contributed by atoms with E-state index in [9.17, 15) is 19.5 Å². The Hall–Kier alpha value is -4.37. The van der Waals surface area contributed by atoms with E-state index in [2.05, 4.69) is 9.97 Å². The Morgan fingerprint density at radius 1 is 0.974 bits per heavy atom. The lowest BCUT2D eigenvalue weighted by molar-refractivity contribution is -0.142. The fourth-order valence-corrected chi connectivity index (χ4v) is 6.51. The molecule has 0 bridgehead atoms. The second-order valence-electron chi connectivity index (χ2n) is 9.38. The normalized spacial score (nSPS) is 18.4. The monoisotopic (exact) mass is 524 g/mol. The number of carbonyl (C=O) groups is 2. The highest BCUT2D eigenvalue weighted by atomic mass is 32.2. The number of para-hydroxylation sites is 2. The Kier molecular flexibility index (Phi) is 5.80. The predicted octanol–water partition coefficient (Wildman–Crippen LogP) is 4.85. The number of H-pyrrole nitrogens is 1. The van der Waals surface area contributed by atoms with Crippen LogP contribution in [0.1, 0.15) is 24.4 Å². The van der Waals surface area contributed by atoms with Crippen LogP contribution in [0.25, 0.3) is 33.1 Å². The van der Waals surface area contributed by atoms with Gasteiger partial charge in [-0.15, -0.1) is 0 Å². The van der Waals surface area contributed by atoms with Gasteiger partial charge >= 0.3 is 5.97 Å². The number of fused-ring (bicyclic) bond motifs is 2. The number of benzene rings is 3. The van der Waals surface area contributed by atoms with Gasteiger partial charge in [0.25, 0.3) is 5.56 Å². The Bertz CT molecular complexity index is 1780. The van der Waals surface area contributed by atoms with Crippen LogP contribution in [0, 0.1) is 12.8 Å². The van der Waals surface area contributed by atoms with Crippen molar-refractivity contribution in [1.82, 2.24) is 14.6 Å². The number of rotatable bonds is 5. The van der Waals surface area contributed by atoms with Gasteiger partial charge in [0.15, 0.2) is 5.78 Å². The largest absolute Gasteiger partial charge is 0.481 e. The summed E-state index contributed by atoms with van der Waals surface area (Å²) in [5.74, 6) is -1.90. The number of carbonyl (C=O) groups excluding carboxylic acids is 1. The number of nitrogens with zero attached hydrogens (tertiary/aromatic N) is 3. The minimum Gasteiger partial charge on any atom is -0.481 e. The number of hydrogen-bond acceptors (Lipinski definition) is 6. The van der Waals surface area contributed by atoms with E-state index in [1.807, 2.05) is 60.7 Å². The van der Waals surface area contributed by atoms with E-state index in [1.165, 1.54) is 11.6 Å². The summed E-state index contributed by atoms with van der Waals surface area (Å²) in [6.07, 6.45) is 0. The van der Waals surface area contributed by atoms with E-state index >= 15 is 0 Å². The van der Waals surface area contributed by atoms with E-state index in [0.717, 1.165) is 34.1 Å². The molecule has 8 nitrogen and oxygen atoms in total. The highest BCUT2D eigenvalue weighted by Gasteiger charge is 2.49. The molecule has 1 aliphatic rings. The molecule has 0 spiro atoms. The van der Waals surface area contributed by atoms with Crippen molar-refractivity contribution in [1.29, 1.82) is 0 Å². The third kappa shape index (κ3) is 3.69.